The van der Waals surface area contributed by atoms with Gasteiger partial charge < -0.3 is 9.64 Å². The molecule has 1 atom stereocenters. The third-order valence-corrected chi connectivity index (χ3v) is 3.78. The zero-order valence-electron chi connectivity index (χ0n) is 12.4. The third-order valence-electron chi connectivity index (χ3n) is 3.78. The van der Waals surface area contributed by atoms with E-state index in [0.717, 1.165) is 19.4 Å². The number of nitro benzene ring substituents is 1. The highest BCUT2D eigenvalue weighted by Gasteiger charge is 2.22. The Morgan fingerprint density at radius 3 is 2.86 bits per heavy atom. The van der Waals surface area contributed by atoms with Crippen LogP contribution in [0.25, 0.3) is 0 Å². The van der Waals surface area contributed by atoms with Crippen molar-refractivity contribution in [2.24, 2.45) is 5.92 Å². The fourth-order valence-corrected chi connectivity index (χ4v) is 2.65. The quantitative estimate of drug-likeness (QED) is 0.474. The molecule has 0 aliphatic carbocycles. The Bertz CT molecular complexity index is 538. The number of carbonyl (C=O) groups excluding carboxylic acids is 1. The highest BCUT2D eigenvalue weighted by atomic mass is 16.6. The molecule has 1 aliphatic heterocycles. The molecule has 1 aliphatic rings. The van der Waals surface area contributed by atoms with Crippen LogP contribution in [0.3, 0.4) is 0 Å². The number of ketones is 1. The van der Waals surface area contributed by atoms with Gasteiger partial charge in [-0.1, -0.05) is 0 Å². The Kier molecular flexibility index (Phi) is 4.90. The second kappa shape index (κ2) is 6.67. The molecule has 0 saturated carbocycles. The first kappa shape index (κ1) is 15.4. The molecular formula is C15H20N2O4. The van der Waals surface area contributed by atoms with E-state index in [9.17, 15) is 14.9 Å². The molecule has 6 nitrogen and oxygen atoms in total. The molecule has 1 fully saturated rings. The number of hydrogen-bond acceptors (Lipinski definition) is 5. The molecule has 0 aromatic heterocycles. The molecule has 2 rings (SSSR count). The lowest BCUT2D eigenvalue weighted by atomic mass is 10.0. The summed E-state index contributed by atoms with van der Waals surface area (Å²) in [5.74, 6) is 0.212. The van der Waals surface area contributed by atoms with Gasteiger partial charge in [0.15, 0.2) is 5.78 Å². The molecule has 0 N–H and O–H groups in total. The van der Waals surface area contributed by atoms with E-state index in [-0.39, 0.29) is 11.5 Å². The second-order valence-corrected chi connectivity index (χ2v) is 5.48. The smallest absolute Gasteiger partial charge is 0.293 e. The summed E-state index contributed by atoms with van der Waals surface area (Å²) in [5, 5.41) is 11.2. The van der Waals surface area contributed by atoms with Crippen molar-refractivity contribution in [3.63, 3.8) is 0 Å². The Morgan fingerprint density at radius 2 is 2.29 bits per heavy atom. The molecule has 1 aromatic rings. The van der Waals surface area contributed by atoms with E-state index < -0.39 is 4.92 Å². The summed E-state index contributed by atoms with van der Waals surface area (Å²) in [4.78, 5) is 24.0. The van der Waals surface area contributed by atoms with Crippen LogP contribution in [-0.2, 0) is 4.74 Å². The van der Waals surface area contributed by atoms with Crippen molar-refractivity contribution >= 4 is 17.2 Å². The molecule has 6 heteroatoms. The number of anilines is 1. The molecule has 0 spiro atoms. The first-order valence-electron chi connectivity index (χ1n) is 7.07. The summed E-state index contributed by atoms with van der Waals surface area (Å²) >= 11 is 0. The fraction of sp³-hybridized carbons (Fsp3) is 0.533. The molecular weight excluding hydrogens is 272 g/mol. The van der Waals surface area contributed by atoms with Crippen LogP contribution in [0.2, 0.25) is 0 Å². The van der Waals surface area contributed by atoms with Crippen LogP contribution in [0.4, 0.5) is 11.4 Å². The summed E-state index contributed by atoms with van der Waals surface area (Å²) < 4.78 is 5.44. The van der Waals surface area contributed by atoms with Gasteiger partial charge in [0, 0.05) is 31.8 Å². The van der Waals surface area contributed by atoms with E-state index in [0.29, 0.717) is 30.3 Å². The Labute approximate surface area is 123 Å². The monoisotopic (exact) mass is 292 g/mol. The van der Waals surface area contributed by atoms with Gasteiger partial charge in [-0.2, -0.15) is 0 Å². The van der Waals surface area contributed by atoms with Crippen molar-refractivity contribution in [2.75, 3.05) is 31.7 Å². The van der Waals surface area contributed by atoms with E-state index in [4.69, 9.17) is 4.74 Å². The van der Waals surface area contributed by atoms with Crippen molar-refractivity contribution in [1.82, 2.24) is 0 Å². The lowest BCUT2D eigenvalue weighted by Crippen LogP contribution is -2.31. The van der Waals surface area contributed by atoms with Gasteiger partial charge in [0.1, 0.15) is 5.69 Å². The second-order valence-electron chi connectivity index (χ2n) is 5.48. The van der Waals surface area contributed by atoms with Crippen molar-refractivity contribution in [2.45, 2.75) is 19.8 Å². The SMILES string of the molecule is CC(=O)c1ccc(N(C)CC2CCCOC2)c([N+](=O)[O-])c1. The lowest BCUT2D eigenvalue weighted by molar-refractivity contribution is -0.384. The average molecular weight is 292 g/mol. The molecule has 1 unspecified atom stereocenters. The van der Waals surface area contributed by atoms with Crippen LogP contribution >= 0.6 is 0 Å². The molecule has 0 radical (unpaired) electrons. The van der Waals surface area contributed by atoms with E-state index in [1.54, 1.807) is 12.1 Å². The number of nitro groups is 1. The maximum atomic E-state index is 11.4. The molecule has 1 heterocycles. The van der Waals surface area contributed by atoms with Gasteiger partial charge in [-0.3, -0.25) is 14.9 Å². The third kappa shape index (κ3) is 3.78. The van der Waals surface area contributed by atoms with Crippen LogP contribution in [0.15, 0.2) is 18.2 Å². The van der Waals surface area contributed by atoms with Crippen LogP contribution in [-0.4, -0.2) is 37.5 Å². The molecule has 21 heavy (non-hydrogen) atoms. The van der Waals surface area contributed by atoms with Gasteiger partial charge in [0.05, 0.1) is 11.5 Å². The van der Waals surface area contributed by atoms with Crippen LogP contribution < -0.4 is 4.90 Å². The Hall–Kier alpha value is -1.95. The minimum atomic E-state index is -0.435. The van der Waals surface area contributed by atoms with E-state index >= 15 is 0 Å². The van der Waals surface area contributed by atoms with Crippen molar-refractivity contribution < 1.29 is 14.5 Å². The van der Waals surface area contributed by atoms with E-state index in [2.05, 4.69) is 0 Å². The average Bonchev–Trinajstić information content (AvgIpc) is 2.47. The van der Waals surface area contributed by atoms with Crippen molar-refractivity contribution in [3.8, 4) is 0 Å². The van der Waals surface area contributed by atoms with Gasteiger partial charge >= 0.3 is 0 Å². The summed E-state index contributed by atoms with van der Waals surface area (Å²) in [6.45, 7) is 3.61. The number of rotatable bonds is 5. The maximum Gasteiger partial charge on any atom is 0.293 e. The van der Waals surface area contributed by atoms with Gasteiger partial charge in [0.2, 0.25) is 0 Å². The molecule has 0 amide bonds. The summed E-state index contributed by atoms with van der Waals surface area (Å²) in [6.07, 6.45) is 2.10. The minimum Gasteiger partial charge on any atom is -0.381 e. The number of carbonyl (C=O) groups is 1. The summed E-state index contributed by atoms with van der Waals surface area (Å²) in [5.41, 5.74) is 0.873. The Morgan fingerprint density at radius 1 is 1.52 bits per heavy atom. The normalized spacial score (nSPS) is 18.3. The van der Waals surface area contributed by atoms with Gasteiger partial charge in [-0.15, -0.1) is 0 Å². The highest BCUT2D eigenvalue weighted by Crippen LogP contribution is 2.30. The maximum absolute atomic E-state index is 11.4. The number of Topliss-reactive ketones (excluding diaryl/α,β-unsaturated/α-hetero) is 1. The number of benzene rings is 1. The number of nitrogens with zero attached hydrogens (tertiary/aromatic N) is 2. The standard InChI is InChI=1S/C15H20N2O4/c1-11(18)13-5-6-14(15(8-13)17(19)20)16(2)9-12-4-3-7-21-10-12/h5-6,8,12H,3-4,7,9-10H2,1-2H3. The van der Waals surface area contributed by atoms with E-state index in [1.807, 2.05) is 11.9 Å². The van der Waals surface area contributed by atoms with Gasteiger partial charge in [-0.25, -0.2) is 0 Å². The zero-order valence-corrected chi connectivity index (χ0v) is 12.4. The first-order valence-corrected chi connectivity index (χ1v) is 7.07. The molecule has 1 aromatic carbocycles. The minimum absolute atomic E-state index is 0.0260. The van der Waals surface area contributed by atoms with E-state index in [1.165, 1.54) is 13.0 Å². The Balaban J connectivity index is 2.20. The topological polar surface area (TPSA) is 72.7 Å². The van der Waals surface area contributed by atoms with Crippen molar-refractivity contribution in [1.29, 1.82) is 0 Å². The summed E-state index contributed by atoms with van der Waals surface area (Å²) in [7, 11) is 1.84. The lowest BCUT2D eigenvalue weighted by Gasteiger charge is -2.28. The predicted octanol–water partition coefficient (Wildman–Crippen LogP) is 2.66. The fourth-order valence-electron chi connectivity index (χ4n) is 2.65. The zero-order chi connectivity index (χ0) is 15.4. The number of ether oxygens (including phenoxy) is 1. The van der Waals surface area contributed by atoms with Crippen LogP contribution in [0.5, 0.6) is 0 Å². The number of hydrogen-bond donors (Lipinski definition) is 0. The van der Waals surface area contributed by atoms with Crippen LogP contribution in [0, 0.1) is 16.0 Å². The molecule has 1 saturated heterocycles. The molecule has 114 valence electrons. The van der Waals surface area contributed by atoms with Gasteiger partial charge in [0.25, 0.3) is 5.69 Å². The predicted molar refractivity (Wildman–Crippen MR) is 79.9 cm³/mol. The van der Waals surface area contributed by atoms with Crippen molar-refractivity contribution in [3.05, 3.63) is 33.9 Å². The summed E-state index contributed by atoms with van der Waals surface area (Å²) in [6, 6.07) is 4.64. The van der Waals surface area contributed by atoms with Crippen LogP contribution in [0.1, 0.15) is 30.1 Å². The molecule has 0 bridgehead atoms. The first-order chi connectivity index (χ1) is 9.99. The van der Waals surface area contributed by atoms with Gasteiger partial charge in [-0.05, 0) is 37.8 Å². The highest BCUT2D eigenvalue weighted by molar-refractivity contribution is 5.95. The largest absolute Gasteiger partial charge is 0.381 e.